The number of carbonyl (C=O) groups is 2. The van der Waals surface area contributed by atoms with Gasteiger partial charge in [0.05, 0.1) is 23.9 Å². The van der Waals surface area contributed by atoms with Gasteiger partial charge in [0.25, 0.3) is 5.91 Å². The van der Waals surface area contributed by atoms with Crippen LogP contribution in [-0.4, -0.2) is 41.4 Å². The summed E-state index contributed by atoms with van der Waals surface area (Å²) < 4.78 is 13.8. The molecule has 1 unspecified atom stereocenters. The number of hydrogen-bond donors (Lipinski definition) is 1. The van der Waals surface area contributed by atoms with Gasteiger partial charge in [0, 0.05) is 13.1 Å². The van der Waals surface area contributed by atoms with Crippen LogP contribution in [0.4, 0.5) is 9.18 Å². The average molecular weight is 391 g/mol. The molecule has 0 radical (unpaired) electrons. The molecule has 1 atom stereocenters. The van der Waals surface area contributed by atoms with Crippen LogP contribution in [0.15, 0.2) is 78.5 Å². The molecule has 3 amide bonds. The second-order valence-electron chi connectivity index (χ2n) is 7.16. The summed E-state index contributed by atoms with van der Waals surface area (Å²) in [5.41, 5.74) is 2.87. The number of rotatable bonds is 6. The molecular weight excluding hydrogens is 369 g/mol. The zero-order valence-electron chi connectivity index (χ0n) is 16.0. The molecule has 6 heteroatoms. The topological polar surface area (TPSA) is 52.7 Å². The van der Waals surface area contributed by atoms with Gasteiger partial charge in [-0.15, -0.1) is 6.58 Å². The van der Waals surface area contributed by atoms with E-state index in [-0.39, 0.29) is 11.9 Å². The second-order valence-corrected chi connectivity index (χ2v) is 7.16. The van der Waals surface area contributed by atoms with Crippen LogP contribution < -0.4 is 5.32 Å². The predicted molar refractivity (Wildman–Crippen MR) is 108 cm³/mol. The van der Waals surface area contributed by atoms with E-state index in [9.17, 15) is 14.0 Å². The molecule has 148 valence electrons. The zero-order valence-corrected chi connectivity index (χ0v) is 16.0. The third-order valence-electron chi connectivity index (χ3n) is 5.30. The normalized spacial score (nSPS) is 18.7. The molecule has 1 N–H and O–H groups in total. The van der Waals surface area contributed by atoms with Crippen molar-refractivity contribution in [2.24, 2.45) is 0 Å². The van der Waals surface area contributed by atoms with Crippen molar-refractivity contribution in [1.29, 1.82) is 0 Å². The Bertz CT molecular complexity index is 987. The number of nitrogens with zero attached hydrogens (tertiary/aromatic N) is 2. The molecule has 0 saturated carbocycles. The van der Waals surface area contributed by atoms with Crippen molar-refractivity contribution in [3.63, 3.8) is 0 Å². The average Bonchev–Trinajstić information content (AvgIpc) is 3.05. The van der Waals surface area contributed by atoms with Gasteiger partial charge in [-0.3, -0.25) is 9.69 Å². The number of nitrogens with one attached hydrogen (secondary N) is 1. The fourth-order valence-corrected chi connectivity index (χ4v) is 3.90. The van der Waals surface area contributed by atoms with Gasteiger partial charge in [0.15, 0.2) is 0 Å². The van der Waals surface area contributed by atoms with Gasteiger partial charge in [0.2, 0.25) is 0 Å². The molecule has 29 heavy (non-hydrogen) atoms. The van der Waals surface area contributed by atoms with Gasteiger partial charge in [-0.2, -0.15) is 0 Å². The summed E-state index contributed by atoms with van der Waals surface area (Å²) in [7, 11) is 0. The molecule has 2 heterocycles. The Kier molecular flexibility index (Phi) is 5.16. The maximum absolute atomic E-state index is 13.8. The van der Waals surface area contributed by atoms with Crippen molar-refractivity contribution in [3.05, 3.63) is 95.5 Å². The first-order valence-electron chi connectivity index (χ1n) is 9.59. The molecule has 5 nitrogen and oxygen atoms in total. The molecule has 0 fully saturated rings. The van der Waals surface area contributed by atoms with Crippen molar-refractivity contribution in [3.8, 4) is 0 Å². The summed E-state index contributed by atoms with van der Waals surface area (Å²) in [5, 5.41) is 2.86. The first-order valence-corrected chi connectivity index (χ1v) is 9.59. The van der Waals surface area contributed by atoms with Crippen molar-refractivity contribution in [2.45, 2.75) is 12.5 Å². The summed E-state index contributed by atoms with van der Waals surface area (Å²) in [6.45, 7) is 4.92. The lowest BCUT2D eigenvalue weighted by Crippen LogP contribution is -2.47. The highest BCUT2D eigenvalue weighted by Crippen LogP contribution is 2.36. The zero-order chi connectivity index (χ0) is 20.4. The third-order valence-corrected chi connectivity index (χ3v) is 5.30. The van der Waals surface area contributed by atoms with Crippen LogP contribution in [0.5, 0.6) is 0 Å². The van der Waals surface area contributed by atoms with E-state index in [1.54, 1.807) is 28.0 Å². The lowest BCUT2D eigenvalue weighted by atomic mass is 9.95. The van der Waals surface area contributed by atoms with Crippen LogP contribution in [0, 0.1) is 5.82 Å². The van der Waals surface area contributed by atoms with E-state index in [2.05, 4.69) is 11.9 Å². The predicted octanol–water partition coefficient (Wildman–Crippen LogP) is 3.42. The van der Waals surface area contributed by atoms with Crippen LogP contribution in [0.25, 0.3) is 0 Å². The largest absolute Gasteiger partial charge is 0.333 e. The molecule has 2 aliphatic heterocycles. The summed E-state index contributed by atoms with van der Waals surface area (Å²) >= 11 is 0. The Morgan fingerprint density at radius 3 is 2.66 bits per heavy atom. The van der Waals surface area contributed by atoms with Crippen LogP contribution in [0.1, 0.15) is 17.2 Å². The molecule has 0 aromatic heterocycles. The van der Waals surface area contributed by atoms with Crippen molar-refractivity contribution >= 4 is 11.9 Å². The minimum atomic E-state index is -0.663. The van der Waals surface area contributed by atoms with Gasteiger partial charge >= 0.3 is 6.03 Å². The lowest BCUT2D eigenvalue weighted by molar-refractivity contribution is -0.125. The Balaban J connectivity index is 1.64. The Morgan fingerprint density at radius 1 is 1.14 bits per heavy atom. The van der Waals surface area contributed by atoms with E-state index in [1.807, 2.05) is 30.3 Å². The summed E-state index contributed by atoms with van der Waals surface area (Å²) in [5.74, 6) is -0.530. The van der Waals surface area contributed by atoms with E-state index in [0.29, 0.717) is 36.5 Å². The molecular formula is C23H22FN3O2. The van der Waals surface area contributed by atoms with Gasteiger partial charge in [-0.25, -0.2) is 9.18 Å². The highest BCUT2D eigenvalue weighted by Gasteiger charge is 2.43. The van der Waals surface area contributed by atoms with Crippen molar-refractivity contribution in [1.82, 2.24) is 15.1 Å². The minimum absolute atomic E-state index is 0.126. The minimum Gasteiger partial charge on any atom is -0.333 e. The summed E-state index contributed by atoms with van der Waals surface area (Å²) in [4.78, 5) is 29.2. The SMILES string of the molecule is C=CCN1C(=O)NC(c2cccc(F)c2)C2=C1CN(CCc1ccccc1)C2=O. The Labute approximate surface area is 169 Å². The molecule has 2 aliphatic rings. The smallest absolute Gasteiger partial charge is 0.322 e. The highest BCUT2D eigenvalue weighted by atomic mass is 19.1. The molecule has 4 rings (SSSR count). The molecule has 0 saturated heterocycles. The van der Waals surface area contributed by atoms with Crippen molar-refractivity contribution < 1.29 is 14.0 Å². The number of benzene rings is 2. The maximum Gasteiger partial charge on any atom is 0.322 e. The fraction of sp³-hybridized carbons (Fsp3) is 0.217. The third kappa shape index (κ3) is 3.66. The van der Waals surface area contributed by atoms with Gasteiger partial charge in [0.1, 0.15) is 5.82 Å². The van der Waals surface area contributed by atoms with Gasteiger partial charge in [-0.1, -0.05) is 48.5 Å². The van der Waals surface area contributed by atoms with E-state index >= 15 is 0 Å². The Morgan fingerprint density at radius 2 is 1.93 bits per heavy atom. The molecule has 2 aromatic rings. The number of carbonyl (C=O) groups excluding carboxylic acids is 2. The van der Waals surface area contributed by atoms with Crippen LogP contribution in [-0.2, 0) is 11.2 Å². The molecule has 0 aliphatic carbocycles. The van der Waals surface area contributed by atoms with E-state index in [0.717, 1.165) is 12.0 Å². The molecule has 0 bridgehead atoms. The quantitative estimate of drug-likeness (QED) is 0.768. The number of hydrogen-bond acceptors (Lipinski definition) is 2. The van der Waals surface area contributed by atoms with E-state index < -0.39 is 11.9 Å². The van der Waals surface area contributed by atoms with Gasteiger partial charge in [-0.05, 0) is 29.7 Å². The van der Waals surface area contributed by atoms with E-state index in [4.69, 9.17) is 0 Å². The maximum atomic E-state index is 13.8. The first kappa shape index (κ1) is 18.9. The summed E-state index contributed by atoms with van der Waals surface area (Å²) in [6.07, 6.45) is 2.35. The van der Waals surface area contributed by atoms with Gasteiger partial charge < -0.3 is 10.2 Å². The molecule has 2 aromatic carbocycles. The van der Waals surface area contributed by atoms with Crippen LogP contribution >= 0.6 is 0 Å². The second kappa shape index (κ2) is 7.91. The highest BCUT2D eigenvalue weighted by molar-refractivity contribution is 6.01. The first-order chi connectivity index (χ1) is 14.1. The Hall–Kier alpha value is -3.41. The summed E-state index contributed by atoms with van der Waals surface area (Å²) in [6, 6.07) is 15.0. The number of halogens is 1. The lowest BCUT2D eigenvalue weighted by Gasteiger charge is -2.33. The van der Waals surface area contributed by atoms with Crippen molar-refractivity contribution in [2.75, 3.05) is 19.6 Å². The van der Waals surface area contributed by atoms with E-state index in [1.165, 1.54) is 12.1 Å². The number of urea groups is 1. The fourth-order valence-electron chi connectivity index (χ4n) is 3.90. The molecule has 0 spiro atoms. The monoisotopic (exact) mass is 391 g/mol. The van der Waals surface area contributed by atoms with Crippen LogP contribution in [0.3, 0.4) is 0 Å². The number of amides is 3. The standard InChI is InChI=1S/C23H22FN3O2/c1-2-12-27-19-15-26(13-11-16-7-4-3-5-8-16)22(28)20(19)21(25-23(27)29)17-9-6-10-18(24)14-17/h2-10,14,21H,1,11-13,15H2,(H,25,29). The van der Waals surface area contributed by atoms with Crippen LogP contribution in [0.2, 0.25) is 0 Å².